The van der Waals surface area contributed by atoms with Gasteiger partial charge in [0.15, 0.2) is 6.23 Å². The standard InChI is InChI=1S/C13H22N2O4/c1-12(2,3)19-11(17)18-9-13(6-7-13)8-14(4)10(16)15(9)5/h9H,6-8H2,1-5H3. The molecule has 1 saturated carbocycles. The van der Waals surface area contributed by atoms with E-state index < -0.39 is 18.0 Å². The van der Waals surface area contributed by atoms with Crippen LogP contribution in [0.1, 0.15) is 33.6 Å². The molecule has 0 aromatic carbocycles. The van der Waals surface area contributed by atoms with Gasteiger partial charge in [0.1, 0.15) is 5.60 Å². The number of hydrogen-bond acceptors (Lipinski definition) is 4. The molecule has 2 fully saturated rings. The molecule has 2 amide bonds. The van der Waals surface area contributed by atoms with Gasteiger partial charge < -0.3 is 14.4 Å². The van der Waals surface area contributed by atoms with E-state index in [1.165, 1.54) is 4.90 Å². The summed E-state index contributed by atoms with van der Waals surface area (Å²) in [6.45, 7) is 5.98. The van der Waals surface area contributed by atoms with Crippen LogP contribution in [-0.2, 0) is 9.47 Å². The van der Waals surface area contributed by atoms with Gasteiger partial charge in [-0.2, -0.15) is 0 Å². The third-order valence-corrected chi connectivity index (χ3v) is 3.55. The Balaban J connectivity index is 2.06. The molecular weight excluding hydrogens is 248 g/mol. The van der Waals surface area contributed by atoms with E-state index in [2.05, 4.69) is 0 Å². The van der Waals surface area contributed by atoms with Gasteiger partial charge in [-0.1, -0.05) is 0 Å². The Labute approximate surface area is 113 Å². The largest absolute Gasteiger partial charge is 0.510 e. The summed E-state index contributed by atoms with van der Waals surface area (Å²) in [6, 6.07) is -0.133. The zero-order chi connectivity index (χ0) is 14.4. The fraction of sp³-hybridized carbons (Fsp3) is 0.846. The van der Waals surface area contributed by atoms with Gasteiger partial charge in [0.25, 0.3) is 0 Å². The van der Waals surface area contributed by atoms with Crippen molar-refractivity contribution in [3.8, 4) is 0 Å². The van der Waals surface area contributed by atoms with Crippen LogP contribution in [0.25, 0.3) is 0 Å². The topological polar surface area (TPSA) is 59.1 Å². The van der Waals surface area contributed by atoms with Gasteiger partial charge in [-0.05, 0) is 33.6 Å². The number of rotatable bonds is 1. The predicted octanol–water partition coefficient (Wildman–Crippen LogP) is 2.04. The average molecular weight is 270 g/mol. The monoisotopic (exact) mass is 270 g/mol. The molecule has 2 rings (SSSR count). The third kappa shape index (κ3) is 2.77. The molecule has 6 nitrogen and oxygen atoms in total. The highest BCUT2D eigenvalue weighted by atomic mass is 16.7. The molecule has 2 aliphatic rings. The van der Waals surface area contributed by atoms with Crippen LogP contribution in [0.15, 0.2) is 0 Å². The second-order valence-electron chi connectivity index (χ2n) is 6.55. The highest BCUT2D eigenvalue weighted by molar-refractivity contribution is 5.76. The molecule has 1 unspecified atom stereocenters. The lowest BCUT2D eigenvalue weighted by Crippen LogP contribution is -2.58. The van der Waals surface area contributed by atoms with Crippen molar-refractivity contribution in [2.75, 3.05) is 20.6 Å². The summed E-state index contributed by atoms with van der Waals surface area (Å²) in [5, 5.41) is 0. The zero-order valence-electron chi connectivity index (χ0n) is 12.2. The molecule has 6 heteroatoms. The van der Waals surface area contributed by atoms with Crippen molar-refractivity contribution in [3.05, 3.63) is 0 Å². The molecule has 1 saturated heterocycles. The fourth-order valence-corrected chi connectivity index (χ4v) is 2.53. The Bertz CT molecular complexity index is 398. The summed E-state index contributed by atoms with van der Waals surface area (Å²) in [6.07, 6.45) is 0.684. The van der Waals surface area contributed by atoms with Crippen LogP contribution in [0.5, 0.6) is 0 Å². The molecule has 1 aliphatic heterocycles. The summed E-state index contributed by atoms with van der Waals surface area (Å²) in [4.78, 5) is 26.9. The molecule has 0 radical (unpaired) electrons. The maximum absolute atomic E-state index is 11.9. The van der Waals surface area contributed by atoms with E-state index >= 15 is 0 Å². The lowest BCUT2D eigenvalue weighted by molar-refractivity contribution is -0.100. The molecule has 1 aliphatic carbocycles. The van der Waals surface area contributed by atoms with Crippen molar-refractivity contribution in [3.63, 3.8) is 0 Å². The molecule has 1 atom stereocenters. The van der Waals surface area contributed by atoms with Crippen molar-refractivity contribution in [1.29, 1.82) is 0 Å². The zero-order valence-corrected chi connectivity index (χ0v) is 12.2. The van der Waals surface area contributed by atoms with Gasteiger partial charge in [-0.3, -0.25) is 4.90 Å². The van der Waals surface area contributed by atoms with E-state index in [0.29, 0.717) is 6.54 Å². The Morgan fingerprint density at radius 1 is 1.32 bits per heavy atom. The van der Waals surface area contributed by atoms with Gasteiger partial charge in [0, 0.05) is 26.1 Å². The second-order valence-corrected chi connectivity index (χ2v) is 6.55. The molecule has 19 heavy (non-hydrogen) atoms. The van der Waals surface area contributed by atoms with Crippen LogP contribution in [0.3, 0.4) is 0 Å². The Hall–Kier alpha value is -1.46. The molecule has 0 N–H and O–H groups in total. The first-order chi connectivity index (χ1) is 8.65. The van der Waals surface area contributed by atoms with E-state index in [1.54, 1.807) is 39.8 Å². The summed E-state index contributed by atoms with van der Waals surface area (Å²) in [5.74, 6) is 0. The van der Waals surface area contributed by atoms with Gasteiger partial charge >= 0.3 is 12.2 Å². The summed E-state index contributed by atoms with van der Waals surface area (Å²) in [5.41, 5.74) is -0.712. The molecule has 1 spiro atoms. The Kier molecular flexibility index (Phi) is 3.15. The summed E-state index contributed by atoms with van der Waals surface area (Å²) in [7, 11) is 3.43. The van der Waals surface area contributed by atoms with Crippen LogP contribution in [-0.4, -0.2) is 54.5 Å². The number of carbonyl (C=O) groups is 2. The number of amides is 2. The van der Waals surface area contributed by atoms with Gasteiger partial charge in [-0.15, -0.1) is 0 Å². The second kappa shape index (κ2) is 4.28. The van der Waals surface area contributed by atoms with Crippen LogP contribution in [0.4, 0.5) is 9.59 Å². The maximum atomic E-state index is 11.9. The number of nitrogens with zero attached hydrogens (tertiary/aromatic N) is 2. The maximum Gasteiger partial charge on any atom is 0.510 e. The van der Waals surface area contributed by atoms with Crippen molar-refractivity contribution >= 4 is 12.2 Å². The van der Waals surface area contributed by atoms with E-state index in [0.717, 1.165) is 12.8 Å². The number of urea groups is 1. The lowest BCUT2D eigenvalue weighted by Gasteiger charge is -2.42. The minimum absolute atomic E-state index is 0.117. The average Bonchev–Trinajstić information content (AvgIpc) is 3.00. The van der Waals surface area contributed by atoms with E-state index in [1.807, 2.05) is 0 Å². The molecule has 0 bridgehead atoms. The molecule has 108 valence electrons. The van der Waals surface area contributed by atoms with Crippen LogP contribution >= 0.6 is 0 Å². The van der Waals surface area contributed by atoms with Crippen molar-refractivity contribution in [1.82, 2.24) is 9.80 Å². The van der Waals surface area contributed by atoms with Gasteiger partial charge in [0.2, 0.25) is 0 Å². The minimum Gasteiger partial charge on any atom is -0.429 e. The molecule has 0 aromatic rings. The summed E-state index contributed by atoms with van der Waals surface area (Å²) >= 11 is 0. The normalized spacial score (nSPS) is 25.5. The summed E-state index contributed by atoms with van der Waals surface area (Å²) < 4.78 is 10.6. The van der Waals surface area contributed by atoms with Crippen LogP contribution in [0, 0.1) is 5.41 Å². The Morgan fingerprint density at radius 3 is 2.37 bits per heavy atom. The first-order valence-corrected chi connectivity index (χ1v) is 6.52. The molecule has 0 aromatic heterocycles. The SMILES string of the molecule is CN1CC2(CC2)C(OC(=O)OC(C)(C)C)N(C)C1=O. The number of ether oxygens (including phenoxy) is 2. The Morgan fingerprint density at radius 2 is 1.89 bits per heavy atom. The van der Waals surface area contributed by atoms with Crippen LogP contribution < -0.4 is 0 Å². The highest BCUT2D eigenvalue weighted by Gasteiger charge is 2.58. The van der Waals surface area contributed by atoms with Gasteiger partial charge in [0.05, 0.1) is 0 Å². The molecule has 1 heterocycles. The van der Waals surface area contributed by atoms with Crippen molar-refractivity contribution in [2.24, 2.45) is 5.41 Å². The fourth-order valence-electron chi connectivity index (χ4n) is 2.53. The minimum atomic E-state index is -0.715. The number of hydrogen-bond donors (Lipinski definition) is 0. The first-order valence-electron chi connectivity index (χ1n) is 6.52. The van der Waals surface area contributed by atoms with E-state index in [4.69, 9.17) is 9.47 Å². The lowest BCUT2D eigenvalue weighted by atomic mass is 10.0. The van der Waals surface area contributed by atoms with E-state index in [-0.39, 0.29) is 11.4 Å². The van der Waals surface area contributed by atoms with Crippen LogP contribution in [0.2, 0.25) is 0 Å². The smallest absolute Gasteiger partial charge is 0.429 e. The highest BCUT2D eigenvalue weighted by Crippen LogP contribution is 2.53. The quantitative estimate of drug-likeness (QED) is 0.684. The van der Waals surface area contributed by atoms with Crippen molar-refractivity contribution in [2.45, 2.75) is 45.4 Å². The molecular formula is C13H22N2O4. The first kappa shape index (κ1) is 14.0. The predicted molar refractivity (Wildman–Crippen MR) is 68.6 cm³/mol. The number of carbonyl (C=O) groups excluding carboxylic acids is 2. The van der Waals surface area contributed by atoms with Crippen molar-refractivity contribution < 1.29 is 19.1 Å². The third-order valence-electron chi connectivity index (χ3n) is 3.55. The van der Waals surface area contributed by atoms with Gasteiger partial charge in [-0.25, -0.2) is 9.59 Å². The van der Waals surface area contributed by atoms with E-state index in [9.17, 15) is 9.59 Å².